The van der Waals surface area contributed by atoms with Crippen molar-refractivity contribution in [3.8, 4) is 0 Å². The Morgan fingerprint density at radius 3 is 1.02 bits per heavy atom. The molecule has 0 aliphatic carbocycles. The van der Waals surface area contributed by atoms with Crippen molar-refractivity contribution in [1.29, 1.82) is 0 Å². The molecule has 0 bridgehead atoms. The molecule has 0 heterocycles. The normalized spacial score (nSPS) is 13.8. The second kappa shape index (κ2) is 31.8. The minimum Gasteiger partial charge on any atom is -0.460 e. The van der Waals surface area contributed by atoms with Crippen LogP contribution in [-0.4, -0.2) is 51.2 Å². The number of ketones is 1. The maximum Gasteiger partial charge on any atom is 0.340 e. The van der Waals surface area contributed by atoms with Crippen LogP contribution in [0.1, 0.15) is 268 Å². The molecule has 0 aliphatic heterocycles. The number of unbranched alkanes of at least 4 members (excludes halogenated alkanes) is 24. The fraction of sp³-hybridized carbons (Fsp3) is 0.920. The molecule has 0 aromatic heterocycles. The number of hydrogen-bond donors (Lipinski definition) is 1. The standard InChI is InChI=1S/C50H94O8/c1-11-14-17-20-23-26-29-32-35-38-47(5,6)56-43(52)41-50(55,46(54)58-49(9,10)40-37-34-31-28-25-22-19-16-13-3)44(42(4)51)45(53)57-48(7,8)39-36-33-30-27-24-21-18-15-12-2/h44,55H,11-41H2,1-10H3. The minimum atomic E-state index is -2.81. The van der Waals surface area contributed by atoms with Crippen LogP contribution in [0.4, 0.5) is 0 Å². The number of ether oxygens (including phenoxy) is 3. The van der Waals surface area contributed by atoms with E-state index in [2.05, 4.69) is 20.8 Å². The Morgan fingerprint density at radius 2 is 0.707 bits per heavy atom. The number of hydrogen-bond acceptors (Lipinski definition) is 8. The lowest BCUT2D eigenvalue weighted by atomic mass is 9.81. The minimum absolute atomic E-state index is 0.530. The van der Waals surface area contributed by atoms with E-state index in [-0.39, 0.29) is 0 Å². The fourth-order valence-corrected chi connectivity index (χ4v) is 7.96. The van der Waals surface area contributed by atoms with E-state index in [1.54, 1.807) is 27.7 Å². The van der Waals surface area contributed by atoms with Crippen molar-refractivity contribution in [3.63, 3.8) is 0 Å². The van der Waals surface area contributed by atoms with Crippen LogP contribution in [0.5, 0.6) is 0 Å². The lowest BCUT2D eigenvalue weighted by Crippen LogP contribution is -2.57. The molecule has 8 nitrogen and oxygen atoms in total. The van der Waals surface area contributed by atoms with Crippen molar-refractivity contribution in [3.05, 3.63) is 0 Å². The average molecular weight is 823 g/mol. The zero-order valence-corrected chi connectivity index (χ0v) is 39.8. The van der Waals surface area contributed by atoms with Gasteiger partial charge in [0.1, 0.15) is 22.6 Å². The summed E-state index contributed by atoms with van der Waals surface area (Å²) in [5, 5.41) is 12.2. The van der Waals surface area contributed by atoms with E-state index < -0.39 is 58.4 Å². The quantitative estimate of drug-likeness (QED) is 0.0282. The van der Waals surface area contributed by atoms with Crippen molar-refractivity contribution in [1.82, 2.24) is 0 Å². The first-order valence-electron chi connectivity index (χ1n) is 24.3. The summed E-state index contributed by atoms with van der Waals surface area (Å²) in [6.45, 7) is 18.5. The molecule has 2 unspecified atom stereocenters. The lowest BCUT2D eigenvalue weighted by molar-refractivity contribution is -0.201. The summed E-state index contributed by atoms with van der Waals surface area (Å²) in [4.78, 5) is 55.0. The second-order valence-corrected chi connectivity index (χ2v) is 19.4. The van der Waals surface area contributed by atoms with Gasteiger partial charge in [-0.3, -0.25) is 14.4 Å². The first-order valence-corrected chi connectivity index (χ1v) is 24.3. The van der Waals surface area contributed by atoms with Gasteiger partial charge in [0.15, 0.2) is 11.5 Å². The molecule has 0 aromatic rings. The van der Waals surface area contributed by atoms with Crippen molar-refractivity contribution in [2.75, 3.05) is 0 Å². The Hall–Kier alpha value is -1.96. The molecule has 0 radical (unpaired) electrons. The Kier molecular flexibility index (Phi) is 30.8. The topological polar surface area (TPSA) is 116 Å². The Morgan fingerprint density at radius 1 is 0.431 bits per heavy atom. The predicted octanol–water partition coefficient (Wildman–Crippen LogP) is 14.0. The summed E-state index contributed by atoms with van der Waals surface area (Å²) in [7, 11) is 0. The van der Waals surface area contributed by atoms with Gasteiger partial charge in [-0.05, 0) is 87.0 Å². The third kappa shape index (κ3) is 27.7. The Bertz CT molecular complexity index is 1100. The zero-order valence-electron chi connectivity index (χ0n) is 39.8. The van der Waals surface area contributed by atoms with Crippen molar-refractivity contribution < 1.29 is 38.5 Å². The van der Waals surface area contributed by atoms with E-state index in [9.17, 15) is 24.3 Å². The smallest absolute Gasteiger partial charge is 0.340 e. The van der Waals surface area contributed by atoms with Crippen LogP contribution < -0.4 is 0 Å². The molecule has 0 aliphatic rings. The van der Waals surface area contributed by atoms with E-state index in [4.69, 9.17) is 14.2 Å². The van der Waals surface area contributed by atoms with Gasteiger partial charge in [0.25, 0.3) is 0 Å². The van der Waals surface area contributed by atoms with Crippen LogP contribution in [0.2, 0.25) is 0 Å². The molecule has 2 atom stereocenters. The van der Waals surface area contributed by atoms with Gasteiger partial charge < -0.3 is 19.3 Å². The highest BCUT2D eigenvalue weighted by atomic mass is 16.6. The molecule has 0 fully saturated rings. The van der Waals surface area contributed by atoms with Gasteiger partial charge in [0.2, 0.25) is 0 Å². The van der Waals surface area contributed by atoms with Gasteiger partial charge in [-0.1, -0.05) is 175 Å². The van der Waals surface area contributed by atoms with Gasteiger partial charge in [-0.2, -0.15) is 0 Å². The maximum atomic E-state index is 14.1. The number of aliphatic hydroxyl groups is 1. The molecule has 0 rings (SSSR count). The third-order valence-electron chi connectivity index (χ3n) is 11.7. The number of Topliss-reactive ketones (excluding diaryl/α,β-unsaturated/α-hetero) is 1. The molecule has 0 amide bonds. The average Bonchev–Trinajstić information content (AvgIpc) is 3.11. The van der Waals surface area contributed by atoms with E-state index in [0.717, 1.165) is 64.7 Å². The van der Waals surface area contributed by atoms with Gasteiger partial charge in [-0.25, -0.2) is 4.79 Å². The second-order valence-electron chi connectivity index (χ2n) is 19.4. The van der Waals surface area contributed by atoms with Crippen LogP contribution in [0, 0.1) is 5.92 Å². The Balaban J connectivity index is 5.77. The Labute approximate surface area is 357 Å². The van der Waals surface area contributed by atoms with Gasteiger partial charge in [0.05, 0.1) is 6.42 Å². The molecule has 58 heavy (non-hydrogen) atoms. The number of carbonyl (C=O) groups excluding carboxylic acids is 4. The van der Waals surface area contributed by atoms with Crippen LogP contribution in [0.3, 0.4) is 0 Å². The van der Waals surface area contributed by atoms with Gasteiger partial charge in [-0.15, -0.1) is 0 Å². The molecule has 0 aromatic carbocycles. The molecule has 0 saturated carbocycles. The first kappa shape index (κ1) is 56.0. The predicted molar refractivity (Wildman–Crippen MR) is 240 cm³/mol. The first-order chi connectivity index (χ1) is 27.4. The third-order valence-corrected chi connectivity index (χ3v) is 11.7. The van der Waals surface area contributed by atoms with E-state index in [1.807, 2.05) is 13.8 Å². The van der Waals surface area contributed by atoms with Crippen molar-refractivity contribution >= 4 is 23.7 Å². The maximum absolute atomic E-state index is 14.1. The molecule has 8 heteroatoms. The number of rotatable bonds is 39. The van der Waals surface area contributed by atoms with Gasteiger partial charge in [0, 0.05) is 0 Å². The highest BCUT2D eigenvalue weighted by Crippen LogP contribution is 2.34. The van der Waals surface area contributed by atoms with Crippen LogP contribution >= 0.6 is 0 Å². The highest BCUT2D eigenvalue weighted by molar-refractivity contribution is 6.05. The van der Waals surface area contributed by atoms with Crippen LogP contribution in [0.25, 0.3) is 0 Å². The molecule has 0 saturated heterocycles. The van der Waals surface area contributed by atoms with E-state index in [0.29, 0.717) is 19.3 Å². The summed E-state index contributed by atoms with van der Waals surface area (Å²) in [5.74, 6) is -5.83. The molecule has 0 spiro atoms. The molecular formula is C50H94O8. The number of esters is 3. The van der Waals surface area contributed by atoms with Crippen LogP contribution in [0.15, 0.2) is 0 Å². The van der Waals surface area contributed by atoms with Gasteiger partial charge >= 0.3 is 17.9 Å². The zero-order chi connectivity index (χ0) is 43.9. The van der Waals surface area contributed by atoms with Crippen molar-refractivity contribution in [2.24, 2.45) is 5.92 Å². The van der Waals surface area contributed by atoms with E-state index in [1.165, 1.54) is 116 Å². The lowest BCUT2D eigenvalue weighted by Gasteiger charge is -2.37. The number of carbonyl (C=O) groups is 4. The molecule has 1 N–H and O–H groups in total. The molecule has 342 valence electrons. The van der Waals surface area contributed by atoms with Crippen LogP contribution in [-0.2, 0) is 33.4 Å². The fourth-order valence-electron chi connectivity index (χ4n) is 7.96. The van der Waals surface area contributed by atoms with E-state index >= 15 is 0 Å². The highest BCUT2D eigenvalue weighted by Gasteiger charge is 2.56. The van der Waals surface area contributed by atoms with Crippen molar-refractivity contribution in [2.45, 2.75) is 291 Å². The largest absolute Gasteiger partial charge is 0.460 e. The summed E-state index contributed by atoms with van der Waals surface area (Å²) in [6, 6.07) is 0. The summed E-state index contributed by atoms with van der Waals surface area (Å²) in [6.07, 6.45) is 32.0. The summed E-state index contributed by atoms with van der Waals surface area (Å²) < 4.78 is 17.7. The summed E-state index contributed by atoms with van der Waals surface area (Å²) in [5.41, 5.74) is -5.64. The summed E-state index contributed by atoms with van der Waals surface area (Å²) >= 11 is 0. The monoisotopic (exact) mass is 823 g/mol. The molecular weight excluding hydrogens is 729 g/mol. The SMILES string of the molecule is CCCCCCCCCCCC(C)(C)OC(=O)CC(O)(C(=O)OC(C)(C)CCCCCCCCCCC)C(C(C)=O)C(=O)OC(C)(C)CCCCCCCCCCC.